The number of hydrogen-bond acceptors (Lipinski definition) is 4. The topological polar surface area (TPSA) is 52.0 Å². The van der Waals surface area contributed by atoms with E-state index in [1.54, 1.807) is 11.3 Å². The van der Waals surface area contributed by atoms with Gasteiger partial charge in [-0.05, 0) is 23.6 Å². The van der Waals surface area contributed by atoms with Crippen LogP contribution >= 0.6 is 27.3 Å². The van der Waals surface area contributed by atoms with Crippen LogP contribution in [0.25, 0.3) is 20.7 Å². The highest BCUT2D eigenvalue weighted by atomic mass is 79.9. The molecule has 0 aliphatic carbocycles. The number of rotatable bonds is 1. The highest BCUT2D eigenvalue weighted by molar-refractivity contribution is 9.10. The van der Waals surface area contributed by atoms with Crippen molar-refractivity contribution in [2.45, 2.75) is 0 Å². The summed E-state index contributed by atoms with van der Waals surface area (Å²) in [4.78, 5) is 1.00. The fourth-order valence-corrected chi connectivity index (χ4v) is 3.17. The number of benzene rings is 1. The van der Waals surface area contributed by atoms with Crippen LogP contribution < -0.4 is 5.73 Å². The standard InChI is InChI=1S/C11H7BrN2OS/c12-7-2-1-6-3-10(16-9(6)4-7)11-8(13)5-14-15-11/h1-5H,13H2. The van der Waals surface area contributed by atoms with Gasteiger partial charge in [-0.1, -0.05) is 27.2 Å². The summed E-state index contributed by atoms with van der Waals surface area (Å²) in [6.45, 7) is 0. The minimum absolute atomic E-state index is 0.575. The van der Waals surface area contributed by atoms with E-state index in [4.69, 9.17) is 10.3 Å². The van der Waals surface area contributed by atoms with Crippen molar-refractivity contribution in [3.63, 3.8) is 0 Å². The van der Waals surface area contributed by atoms with E-state index in [0.29, 0.717) is 11.4 Å². The van der Waals surface area contributed by atoms with Gasteiger partial charge in [-0.2, -0.15) is 0 Å². The summed E-state index contributed by atoms with van der Waals surface area (Å²) in [5, 5.41) is 4.86. The first-order valence-electron chi connectivity index (χ1n) is 4.63. The number of nitrogen functional groups attached to an aromatic ring is 1. The Balaban J connectivity index is 2.23. The molecule has 2 aromatic heterocycles. The zero-order valence-corrected chi connectivity index (χ0v) is 10.5. The molecule has 0 aliphatic heterocycles. The monoisotopic (exact) mass is 294 g/mol. The van der Waals surface area contributed by atoms with Crippen molar-refractivity contribution in [1.82, 2.24) is 5.16 Å². The van der Waals surface area contributed by atoms with Gasteiger partial charge in [0.1, 0.15) is 5.69 Å². The lowest BCUT2D eigenvalue weighted by Crippen LogP contribution is -1.81. The number of nitrogens with zero attached hydrogens (tertiary/aromatic N) is 1. The second-order valence-electron chi connectivity index (χ2n) is 3.40. The van der Waals surface area contributed by atoms with Crippen molar-refractivity contribution in [2.24, 2.45) is 0 Å². The molecule has 2 heterocycles. The normalized spacial score (nSPS) is 11.1. The Kier molecular flexibility index (Phi) is 2.22. The third kappa shape index (κ3) is 1.52. The number of nitrogens with two attached hydrogens (primary N) is 1. The summed E-state index contributed by atoms with van der Waals surface area (Å²) < 4.78 is 7.40. The number of anilines is 1. The molecule has 0 aliphatic rings. The summed E-state index contributed by atoms with van der Waals surface area (Å²) in [7, 11) is 0. The zero-order valence-electron chi connectivity index (χ0n) is 8.11. The molecule has 2 N–H and O–H groups in total. The van der Waals surface area contributed by atoms with Crippen LogP contribution in [0.15, 0.2) is 39.5 Å². The molecule has 0 radical (unpaired) electrons. The van der Waals surface area contributed by atoms with Gasteiger partial charge in [0.25, 0.3) is 0 Å². The molecule has 0 unspecified atom stereocenters. The molecule has 3 aromatic rings. The predicted octanol–water partition coefficient (Wildman–Crippen LogP) is 3.90. The van der Waals surface area contributed by atoms with E-state index in [0.717, 1.165) is 9.35 Å². The first-order valence-corrected chi connectivity index (χ1v) is 6.24. The van der Waals surface area contributed by atoms with Crippen molar-refractivity contribution < 1.29 is 4.52 Å². The minimum Gasteiger partial charge on any atom is -0.394 e. The van der Waals surface area contributed by atoms with Gasteiger partial charge in [0.15, 0.2) is 5.76 Å². The van der Waals surface area contributed by atoms with Crippen molar-refractivity contribution in [3.8, 4) is 10.6 Å². The van der Waals surface area contributed by atoms with Gasteiger partial charge in [-0.3, -0.25) is 0 Å². The maximum atomic E-state index is 5.77. The average Bonchev–Trinajstić information content (AvgIpc) is 2.82. The number of hydrogen-bond donors (Lipinski definition) is 1. The molecule has 80 valence electrons. The predicted molar refractivity (Wildman–Crippen MR) is 69.4 cm³/mol. The average molecular weight is 295 g/mol. The lowest BCUT2D eigenvalue weighted by Gasteiger charge is -1.88. The molecule has 3 nitrogen and oxygen atoms in total. The fraction of sp³-hybridized carbons (Fsp3) is 0. The Morgan fingerprint density at radius 2 is 2.19 bits per heavy atom. The Morgan fingerprint density at radius 3 is 2.94 bits per heavy atom. The van der Waals surface area contributed by atoms with Gasteiger partial charge in [-0.25, -0.2) is 0 Å². The van der Waals surface area contributed by atoms with Crippen LogP contribution in [0.2, 0.25) is 0 Å². The Labute approximate surface area is 104 Å². The molecule has 0 saturated carbocycles. The van der Waals surface area contributed by atoms with E-state index < -0.39 is 0 Å². The molecule has 0 bridgehead atoms. The lowest BCUT2D eigenvalue weighted by molar-refractivity contribution is 0.433. The van der Waals surface area contributed by atoms with Crippen LogP contribution in [0.4, 0.5) is 5.69 Å². The van der Waals surface area contributed by atoms with Gasteiger partial charge in [0.2, 0.25) is 0 Å². The summed E-state index contributed by atoms with van der Waals surface area (Å²) in [5.41, 5.74) is 6.34. The summed E-state index contributed by atoms with van der Waals surface area (Å²) >= 11 is 5.09. The zero-order chi connectivity index (χ0) is 11.1. The second-order valence-corrected chi connectivity index (χ2v) is 5.40. The number of fused-ring (bicyclic) bond motifs is 1. The molecular formula is C11H7BrN2OS. The quantitative estimate of drug-likeness (QED) is 0.740. The largest absolute Gasteiger partial charge is 0.394 e. The van der Waals surface area contributed by atoms with Gasteiger partial charge in [-0.15, -0.1) is 11.3 Å². The van der Waals surface area contributed by atoms with Crippen LogP contribution in [-0.2, 0) is 0 Å². The maximum absolute atomic E-state index is 5.77. The highest BCUT2D eigenvalue weighted by Gasteiger charge is 2.11. The Morgan fingerprint density at radius 1 is 1.31 bits per heavy atom. The molecule has 0 atom stereocenters. The molecule has 0 spiro atoms. The van der Waals surface area contributed by atoms with Crippen LogP contribution in [0, 0.1) is 0 Å². The third-order valence-electron chi connectivity index (χ3n) is 2.30. The van der Waals surface area contributed by atoms with E-state index in [1.807, 2.05) is 6.07 Å². The van der Waals surface area contributed by atoms with Crippen LogP contribution in [0.1, 0.15) is 0 Å². The van der Waals surface area contributed by atoms with Crippen molar-refractivity contribution in [1.29, 1.82) is 0 Å². The molecule has 0 amide bonds. The Bertz CT molecular complexity index is 659. The van der Waals surface area contributed by atoms with Crippen LogP contribution in [-0.4, -0.2) is 5.16 Å². The van der Waals surface area contributed by atoms with Crippen molar-refractivity contribution in [3.05, 3.63) is 34.9 Å². The summed E-state index contributed by atoms with van der Waals surface area (Å²) in [5.74, 6) is 0.650. The van der Waals surface area contributed by atoms with E-state index in [9.17, 15) is 0 Å². The van der Waals surface area contributed by atoms with E-state index in [-0.39, 0.29) is 0 Å². The molecule has 0 fully saturated rings. The van der Waals surface area contributed by atoms with Crippen LogP contribution in [0.3, 0.4) is 0 Å². The Hall–Kier alpha value is -1.33. The fourth-order valence-electron chi connectivity index (χ4n) is 1.55. The number of halogens is 1. The highest BCUT2D eigenvalue weighted by Crippen LogP contribution is 2.37. The van der Waals surface area contributed by atoms with Gasteiger partial charge >= 0.3 is 0 Å². The minimum atomic E-state index is 0.575. The van der Waals surface area contributed by atoms with E-state index >= 15 is 0 Å². The smallest absolute Gasteiger partial charge is 0.199 e. The summed E-state index contributed by atoms with van der Waals surface area (Å²) in [6.07, 6.45) is 1.52. The summed E-state index contributed by atoms with van der Waals surface area (Å²) in [6, 6.07) is 8.22. The van der Waals surface area contributed by atoms with Gasteiger partial charge < -0.3 is 10.3 Å². The third-order valence-corrected chi connectivity index (χ3v) is 3.89. The number of thiophene rings is 1. The van der Waals surface area contributed by atoms with E-state index in [2.05, 4.69) is 39.3 Å². The maximum Gasteiger partial charge on any atom is 0.199 e. The molecule has 5 heteroatoms. The molecule has 1 aromatic carbocycles. The van der Waals surface area contributed by atoms with Crippen molar-refractivity contribution in [2.75, 3.05) is 5.73 Å². The number of aromatic nitrogens is 1. The molecule has 0 saturated heterocycles. The van der Waals surface area contributed by atoms with Gasteiger partial charge in [0, 0.05) is 9.17 Å². The molecular weight excluding hydrogens is 288 g/mol. The first kappa shape index (κ1) is 9.86. The van der Waals surface area contributed by atoms with Crippen LogP contribution in [0.5, 0.6) is 0 Å². The van der Waals surface area contributed by atoms with Gasteiger partial charge in [0.05, 0.1) is 11.1 Å². The first-order chi connectivity index (χ1) is 7.74. The SMILES string of the molecule is Nc1cnoc1-c1cc2ccc(Br)cc2s1. The second kappa shape index (κ2) is 3.61. The van der Waals surface area contributed by atoms with Crippen molar-refractivity contribution >= 4 is 43.0 Å². The molecule has 16 heavy (non-hydrogen) atoms. The van der Waals surface area contributed by atoms with E-state index in [1.165, 1.54) is 16.3 Å². The molecule has 3 rings (SSSR count). The lowest BCUT2D eigenvalue weighted by atomic mass is 10.2.